The molecular weight excluding hydrogens is 326 g/mol. The predicted molar refractivity (Wildman–Crippen MR) is 84.0 cm³/mol. The molecule has 0 aliphatic carbocycles. The number of aromatic nitrogens is 1. The Morgan fingerprint density at radius 3 is 3.09 bits per heavy atom. The Morgan fingerprint density at radius 1 is 1.55 bits per heavy atom. The van der Waals surface area contributed by atoms with Crippen LogP contribution in [0.4, 0.5) is 11.4 Å². The van der Waals surface area contributed by atoms with Crippen LogP contribution in [0.2, 0.25) is 0 Å². The Labute approximate surface area is 134 Å². The van der Waals surface area contributed by atoms with Gasteiger partial charge in [0.2, 0.25) is 11.8 Å². The summed E-state index contributed by atoms with van der Waals surface area (Å²) in [4.78, 5) is 23.2. The molecule has 0 bridgehead atoms. The van der Waals surface area contributed by atoms with Crippen LogP contribution in [-0.2, 0) is 16.1 Å². The van der Waals surface area contributed by atoms with E-state index in [1.54, 1.807) is 18.2 Å². The molecule has 1 aliphatic heterocycles. The van der Waals surface area contributed by atoms with Crippen LogP contribution in [0.25, 0.3) is 0 Å². The van der Waals surface area contributed by atoms with Crippen molar-refractivity contribution < 1.29 is 19.4 Å². The predicted octanol–water partition coefficient (Wildman–Crippen LogP) is 1.95. The molecule has 3 N–H and O–H groups in total. The second-order valence-electron chi connectivity index (χ2n) is 4.54. The summed E-state index contributed by atoms with van der Waals surface area (Å²) in [6.45, 7) is -0.134. The van der Waals surface area contributed by atoms with Gasteiger partial charge in [0.15, 0.2) is 10.6 Å². The van der Waals surface area contributed by atoms with Gasteiger partial charge in [-0.05, 0) is 24.4 Å². The first-order chi connectivity index (χ1) is 10.5. The van der Waals surface area contributed by atoms with Crippen LogP contribution in [0.1, 0.15) is 0 Å². The number of aromatic hydroxyl groups is 1. The number of ether oxygens (including phenoxy) is 1. The Kier molecular flexibility index (Phi) is 3.82. The lowest BCUT2D eigenvalue weighted by molar-refractivity contribution is -0.119. The van der Waals surface area contributed by atoms with Gasteiger partial charge in [-0.1, -0.05) is 0 Å². The van der Waals surface area contributed by atoms with Gasteiger partial charge >= 0.3 is 0 Å². The van der Waals surface area contributed by atoms with E-state index in [4.69, 9.17) is 17.0 Å². The van der Waals surface area contributed by atoms with Gasteiger partial charge in [0.25, 0.3) is 5.91 Å². The zero-order valence-electron chi connectivity index (χ0n) is 11.2. The van der Waals surface area contributed by atoms with Gasteiger partial charge in [0, 0.05) is 11.8 Å². The van der Waals surface area contributed by atoms with Crippen molar-refractivity contribution in [2.75, 3.05) is 17.2 Å². The molecule has 1 aromatic heterocycles. The van der Waals surface area contributed by atoms with E-state index in [2.05, 4.69) is 10.6 Å². The standard InChI is InChI=1S/C13H11N3O4S2/c17-10(4-16-12(19)6-22-13(16)21)14-7-1-2-8-9(3-7)20-5-11(18)15-8/h1-3,6,19H,4-5H2,(H,14,17)(H,15,18). The molecule has 7 nitrogen and oxygen atoms in total. The highest BCUT2D eigenvalue weighted by Crippen LogP contribution is 2.30. The fourth-order valence-electron chi connectivity index (χ4n) is 1.97. The molecular formula is C13H11N3O4S2. The van der Waals surface area contributed by atoms with Gasteiger partial charge in [-0.15, -0.1) is 11.3 Å². The van der Waals surface area contributed by atoms with E-state index in [0.29, 0.717) is 21.1 Å². The molecule has 1 aromatic carbocycles. The third kappa shape index (κ3) is 2.95. The minimum absolute atomic E-state index is 0.0402. The minimum Gasteiger partial charge on any atom is -0.494 e. The van der Waals surface area contributed by atoms with Crippen molar-refractivity contribution in [2.45, 2.75) is 6.54 Å². The summed E-state index contributed by atoms with van der Waals surface area (Å²) in [7, 11) is 0. The van der Waals surface area contributed by atoms with Gasteiger partial charge in [-0.2, -0.15) is 0 Å². The normalized spacial score (nSPS) is 13.0. The molecule has 0 saturated heterocycles. The molecule has 0 atom stereocenters. The van der Waals surface area contributed by atoms with Crippen molar-refractivity contribution in [3.05, 3.63) is 27.5 Å². The molecule has 2 heterocycles. The number of nitrogens with zero attached hydrogens (tertiary/aromatic N) is 1. The molecule has 2 aromatic rings. The number of carbonyl (C=O) groups excluding carboxylic acids is 2. The van der Waals surface area contributed by atoms with Gasteiger partial charge in [-0.3, -0.25) is 14.2 Å². The van der Waals surface area contributed by atoms with Crippen molar-refractivity contribution in [3.63, 3.8) is 0 Å². The highest BCUT2D eigenvalue weighted by molar-refractivity contribution is 7.73. The van der Waals surface area contributed by atoms with E-state index < -0.39 is 0 Å². The largest absolute Gasteiger partial charge is 0.494 e. The van der Waals surface area contributed by atoms with Gasteiger partial charge < -0.3 is 20.5 Å². The van der Waals surface area contributed by atoms with Gasteiger partial charge in [-0.25, -0.2) is 0 Å². The number of hydrogen-bond acceptors (Lipinski definition) is 6. The number of amides is 2. The van der Waals surface area contributed by atoms with Crippen molar-refractivity contribution in [1.82, 2.24) is 4.57 Å². The number of thiazole rings is 1. The molecule has 1 aliphatic rings. The lowest BCUT2D eigenvalue weighted by Crippen LogP contribution is -2.25. The molecule has 22 heavy (non-hydrogen) atoms. The molecule has 0 unspecified atom stereocenters. The van der Waals surface area contributed by atoms with Gasteiger partial charge in [0.05, 0.1) is 11.1 Å². The first kappa shape index (κ1) is 14.5. The monoisotopic (exact) mass is 337 g/mol. The third-order valence-electron chi connectivity index (χ3n) is 2.96. The van der Waals surface area contributed by atoms with Crippen molar-refractivity contribution >= 4 is 46.7 Å². The Hall–Kier alpha value is -2.39. The number of rotatable bonds is 3. The van der Waals surface area contributed by atoms with Crippen molar-refractivity contribution in [2.24, 2.45) is 0 Å². The maximum atomic E-state index is 12.0. The molecule has 9 heteroatoms. The zero-order chi connectivity index (χ0) is 15.7. The Bertz CT molecular complexity index is 812. The van der Waals surface area contributed by atoms with E-state index >= 15 is 0 Å². The van der Waals surface area contributed by atoms with E-state index in [-0.39, 0.29) is 30.8 Å². The summed E-state index contributed by atoms with van der Waals surface area (Å²) in [6, 6.07) is 4.92. The van der Waals surface area contributed by atoms with Crippen molar-refractivity contribution in [3.8, 4) is 11.6 Å². The van der Waals surface area contributed by atoms with Gasteiger partial charge in [0.1, 0.15) is 12.3 Å². The summed E-state index contributed by atoms with van der Waals surface area (Å²) in [6.07, 6.45) is 0. The minimum atomic E-state index is -0.329. The summed E-state index contributed by atoms with van der Waals surface area (Å²) < 4.78 is 7.04. The van der Waals surface area contributed by atoms with Crippen LogP contribution in [0.5, 0.6) is 11.6 Å². The average molecular weight is 337 g/mol. The summed E-state index contributed by atoms with van der Waals surface area (Å²) in [5.74, 6) is -0.0924. The molecule has 0 radical (unpaired) electrons. The van der Waals surface area contributed by atoms with Crippen LogP contribution in [-0.4, -0.2) is 28.1 Å². The molecule has 0 fully saturated rings. The van der Waals surface area contributed by atoms with E-state index in [1.807, 2.05) is 0 Å². The maximum Gasteiger partial charge on any atom is 0.262 e. The second-order valence-corrected chi connectivity index (χ2v) is 6.05. The average Bonchev–Trinajstić information content (AvgIpc) is 2.79. The lowest BCUT2D eigenvalue weighted by atomic mass is 10.2. The molecule has 114 valence electrons. The first-order valence-electron chi connectivity index (χ1n) is 6.27. The second kappa shape index (κ2) is 5.78. The number of hydrogen-bond donors (Lipinski definition) is 3. The van der Waals surface area contributed by atoms with Crippen LogP contribution in [0.15, 0.2) is 23.6 Å². The van der Waals surface area contributed by atoms with Crippen LogP contribution in [0.3, 0.4) is 0 Å². The number of benzene rings is 1. The summed E-state index contributed by atoms with van der Waals surface area (Å²) in [5.41, 5.74) is 1.09. The number of carbonyl (C=O) groups is 2. The Morgan fingerprint density at radius 2 is 2.36 bits per heavy atom. The number of nitrogens with one attached hydrogen (secondary N) is 2. The van der Waals surface area contributed by atoms with E-state index in [0.717, 1.165) is 0 Å². The highest BCUT2D eigenvalue weighted by Gasteiger charge is 2.16. The topological polar surface area (TPSA) is 92.6 Å². The number of fused-ring (bicyclic) bond motifs is 1. The molecule has 2 amide bonds. The van der Waals surface area contributed by atoms with Crippen LogP contribution in [0, 0.1) is 3.95 Å². The maximum absolute atomic E-state index is 12.0. The summed E-state index contributed by atoms with van der Waals surface area (Å²) >= 11 is 6.21. The molecule has 3 rings (SSSR count). The quantitative estimate of drug-likeness (QED) is 0.745. The lowest BCUT2D eigenvalue weighted by Gasteiger charge is -2.18. The Balaban J connectivity index is 1.72. The first-order valence-corrected chi connectivity index (χ1v) is 7.55. The van der Waals surface area contributed by atoms with Crippen LogP contribution >= 0.6 is 23.6 Å². The highest BCUT2D eigenvalue weighted by atomic mass is 32.1. The molecule has 0 spiro atoms. The van der Waals surface area contributed by atoms with E-state index in [1.165, 1.54) is 21.3 Å². The number of anilines is 2. The van der Waals surface area contributed by atoms with Crippen molar-refractivity contribution in [1.29, 1.82) is 0 Å². The SMILES string of the molecule is O=C(Cn1c(O)csc1=S)Nc1ccc2c(c1)OCC(=O)N2. The zero-order valence-corrected chi connectivity index (χ0v) is 12.8. The van der Waals surface area contributed by atoms with Crippen LogP contribution < -0.4 is 15.4 Å². The smallest absolute Gasteiger partial charge is 0.262 e. The molecule has 0 saturated carbocycles. The fraction of sp³-hybridized carbons (Fsp3) is 0.154. The third-order valence-corrected chi connectivity index (χ3v) is 4.22. The fourth-order valence-corrected chi connectivity index (χ4v) is 2.89. The summed E-state index contributed by atoms with van der Waals surface area (Å²) in [5, 5.41) is 16.4. The van der Waals surface area contributed by atoms with E-state index in [9.17, 15) is 14.7 Å².